The molecule has 10 rings (SSSR count). The van der Waals surface area contributed by atoms with Crippen molar-refractivity contribution in [3.63, 3.8) is 0 Å². The van der Waals surface area contributed by atoms with Crippen LogP contribution < -0.4 is 4.90 Å². The van der Waals surface area contributed by atoms with Crippen molar-refractivity contribution in [2.75, 3.05) is 4.90 Å². The maximum absolute atomic E-state index is 2.47. The Morgan fingerprint density at radius 2 is 0.961 bits per heavy atom. The van der Waals surface area contributed by atoms with Crippen LogP contribution in [0.2, 0.25) is 0 Å². The molecule has 1 unspecified atom stereocenters. The molecule has 8 aromatic carbocycles. The highest BCUT2D eigenvalue weighted by Gasteiger charge is 2.21. The third kappa shape index (κ3) is 5.29. The molecule has 0 amide bonds. The van der Waals surface area contributed by atoms with Crippen LogP contribution >= 0.6 is 22.7 Å². The van der Waals surface area contributed by atoms with Crippen LogP contribution in [-0.2, 0) is 6.42 Å². The highest BCUT2D eigenvalue weighted by Crippen LogP contribution is 2.47. The lowest BCUT2D eigenvalue weighted by molar-refractivity contribution is 0.808. The minimum atomic E-state index is 0.236. The predicted octanol–water partition coefficient (Wildman–Crippen LogP) is 14.4. The molecule has 0 aliphatic rings. The zero-order chi connectivity index (χ0) is 33.7. The summed E-state index contributed by atoms with van der Waals surface area (Å²) >= 11 is 3.79. The number of anilines is 3. The van der Waals surface area contributed by atoms with E-state index in [1.54, 1.807) is 0 Å². The molecule has 0 saturated heterocycles. The molecule has 0 radical (unpaired) electrons. The number of rotatable bonds is 7. The predicted molar refractivity (Wildman–Crippen MR) is 223 cm³/mol. The van der Waals surface area contributed by atoms with Gasteiger partial charge in [-0.2, -0.15) is 0 Å². The summed E-state index contributed by atoms with van der Waals surface area (Å²) < 4.78 is 5.36. The second kappa shape index (κ2) is 12.5. The van der Waals surface area contributed by atoms with E-state index < -0.39 is 0 Å². The number of benzene rings is 8. The van der Waals surface area contributed by atoms with Crippen molar-refractivity contribution < 1.29 is 0 Å². The highest BCUT2D eigenvalue weighted by atomic mass is 32.1. The average molecular weight is 688 g/mol. The summed E-state index contributed by atoms with van der Waals surface area (Å²) in [7, 11) is 0. The zero-order valence-corrected chi connectivity index (χ0v) is 29.5. The largest absolute Gasteiger partial charge is 0.310 e. The van der Waals surface area contributed by atoms with Crippen molar-refractivity contribution in [2.24, 2.45) is 0 Å². The number of thiophene rings is 2. The van der Waals surface area contributed by atoms with Crippen LogP contribution in [-0.4, -0.2) is 0 Å². The molecule has 0 spiro atoms. The van der Waals surface area contributed by atoms with Crippen LogP contribution in [0.3, 0.4) is 0 Å². The fraction of sp³-hybridized carbons (Fsp3) is 0.0417. The number of para-hydroxylation sites is 2. The van der Waals surface area contributed by atoms with E-state index in [9.17, 15) is 0 Å². The lowest BCUT2D eigenvalue weighted by Crippen LogP contribution is -2.10. The smallest absolute Gasteiger partial charge is 0.0547 e. The van der Waals surface area contributed by atoms with Gasteiger partial charge in [-0.05, 0) is 83.8 Å². The molecular formula is C48H33NS2. The average Bonchev–Trinajstić information content (AvgIpc) is 3.76. The Bertz CT molecular complexity index is 2790. The third-order valence-corrected chi connectivity index (χ3v) is 12.6. The second-order valence-electron chi connectivity index (χ2n) is 13.3. The van der Waals surface area contributed by atoms with E-state index in [0.29, 0.717) is 0 Å². The fourth-order valence-corrected chi connectivity index (χ4v) is 10.1. The summed E-state index contributed by atoms with van der Waals surface area (Å²) in [5, 5.41) is 7.89. The molecule has 242 valence electrons. The van der Waals surface area contributed by atoms with E-state index in [1.807, 2.05) is 22.7 Å². The van der Waals surface area contributed by atoms with Gasteiger partial charge in [-0.15, -0.1) is 22.7 Å². The van der Waals surface area contributed by atoms with E-state index >= 15 is 0 Å². The Morgan fingerprint density at radius 1 is 0.392 bits per heavy atom. The molecule has 2 aromatic heterocycles. The van der Waals surface area contributed by atoms with E-state index in [-0.39, 0.29) is 5.92 Å². The van der Waals surface area contributed by atoms with Crippen molar-refractivity contribution in [3.05, 3.63) is 199 Å². The van der Waals surface area contributed by atoms with Gasteiger partial charge in [0.15, 0.2) is 0 Å². The van der Waals surface area contributed by atoms with Gasteiger partial charge in [0.2, 0.25) is 0 Å². The number of nitrogens with zero attached hydrogens (tertiary/aromatic N) is 1. The van der Waals surface area contributed by atoms with Gasteiger partial charge in [0.1, 0.15) is 0 Å². The zero-order valence-electron chi connectivity index (χ0n) is 27.9. The molecule has 0 bridgehead atoms. The van der Waals surface area contributed by atoms with Gasteiger partial charge in [-0.3, -0.25) is 0 Å². The third-order valence-electron chi connectivity index (χ3n) is 10.2. The number of hydrogen-bond acceptors (Lipinski definition) is 3. The Labute approximate surface area is 305 Å². The van der Waals surface area contributed by atoms with Gasteiger partial charge >= 0.3 is 0 Å². The summed E-state index contributed by atoms with van der Waals surface area (Å²) in [5.41, 5.74) is 7.55. The van der Waals surface area contributed by atoms with Crippen molar-refractivity contribution in [3.8, 4) is 0 Å². The van der Waals surface area contributed by atoms with Crippen LogP contribution in [0.1, 0.15) is 22.6 Å². The molecule has 0 N–H and O–H groups in total. The van der Waals surface area contributed by atoms with Crippen LogP contribution in [0.15, 0.2) is 182 Å². The molecule has 3 heteroatoms. The van der Waals surface area contributed by atoms with E-state index in [0.717, 1.165) is 17.8 Å². The molecule has 1 atom stereocenters. The lowest BCUT2D eigenvalue weighted by atomic mass is 9.85. The molecule has 2 heterocycles. The van der Waals surface area contributed by atoms with Crippen LogP contribution in [0.25, 0.3) is 51.1 Å². The Kier molecular flexibility index (Phi) is 7.41. The van der Waals surface area contributed by atoms with E-state index in [4.69, 9.17) is 0 Å². The van der Waals surface area contributed by atoms with E-state index in [2.05, 4.69) is 187 Å². The van der Waals surface area contributed by atoms with Gasteiger partial charge in [-0.1, -0.05) is 121 Å². The molecule has 0 aliphatic carbocycles. The first-order chi connectivity index (χ1) is 25.3. The van der Waals surface area contributed by atoms with Crippen molar-refractivity contribution in [1.82, 2.24) is 0 Å². The second-order valence-corrected chi connectivity index (χ2v) is 15.4. The van der Waals surface area contributed by atoms with Crippen molar-refractivity contribution >= 4 is 90.9 Å². The van der Waals surface area contributed by atoms with Crippen molar-refractivity contribution in [1.29, 1.82) is 0 Å². The maximum atomic E-state index is 2.47. The first-order valence-electron chi connectivity index (χ1n) is 17.5. The van der Waals surface area contributed by atoms with Gasteiger partial charge in [-0.25, -0.2) is 0 Å². The summed E-state index contributed by atoms with van der Waals surface area (Å²) in [5.74, 6) is 0.236. The molecule has 10 aromatic rings. The summed E-state index contributed by atoms with van der Waals surface area (Å²) in [6.45, 7) is 0. The topological polar surface area (TPSA) is 3.24 Å². The maximum Gasteiger partial charge on any atom is 0.0547 e. The standard InChI is InChI=1S/C48H33NS2/c1-4-14-33(15-5-1)40(34-25-27-46-42(30-34)38-21-12-13-23-45(38)50-46)28-32-24-26-47-41(29-32)43-31-44(37-20-10-11-22-39(37)48(43)51-47)49(35-16-6-2-7-17-35)36-18-8-3-9-19-36/h1-27,29-31,40H,28H2. The van der Waals surface area contributed by atoms with Gasteiger partial charge in [0.25, 0.3) is 0 Å². The first-order valence-corrected chi connectivity index (χ1v) is 19.1. The molecular weight excluding hydrogens is 655 g/mol. The van der Waals surface area contributed by atoms with Gasteiger partial charge < -0.3 is 4.90 Å². The number of hydrogen-bond donors (Lipinski definition) is 0. The van der Waals surface area contributed by atoms with Gasteiger partial charge in [0.05, 0.1) is 5.69 Å². The first kappa shape index (κ1) is 30.1. The molecule has 51 heavy (non-hydrogen) atoms. The molecule has 0 aliphatic heterocycles. The van der Waals surface area contributed by atoms with Gasteiger partial charge in [0, 0.05) is 68.4 Å². The Balaban J connectivity index is 1.14. The normalized spacial score (nSPS) is 12.3. The summed E-state index contributed by atoms with van der Waals surface area (Å²) in [6.07, 6.45) is 0.922. The SMILES string of the molecule is c1ccc(C(Cc2ccc3sc4c5ccccc5c(N(c5ccccc5)c5ccccc5)cc4c3c2)c2ccc3sc4ccccc4c3c2)cc1. The van der Waals surface area contributed by atoms with E-state index in [1.165, 1.54) is 73.5 Å². The Morgan fingerprint density at radius 3 is 1.71 bits per heavy atom. The highest BCUT2D eigenvalue weighted by molar-refractivity contribution is 7.26. The lowest BCUT2D eigenvalue weighted by Gasteiger charge is -2.27. The molecule has 0 saturated carbocycles. The number of fused-ring (bicyclic) bond motifs is 8. The van der Waals surface area contributed by atoms with Crippen LogP contribution in [0.5, 0.6) is 0 Å². The van der Waals surface area contributed by atoms with Crippen molar-refractivity contribution in [2.45, 2.75) is 12.3 Å². The van der Waals surface area contributed by atoms with Crippen LogP contribution in [0.4, 0.5) is 17.1 Å². The minimum Gasteiger partial charge on any atom is -0.310 e. The molecule has 0 fully saturated rings. The van der Waals surface area contributed by atoms with Crippen LogP contribution in [0, 0.1) is 0 Å². The molecule has 1 nitrogen and oxygen atoms in total. The summed E-state index contributed by atoms with van der Waals surface area (Å²) in [6, 6.07) is 67.0. The minimum absolute atomic E-state index is 0.236. The summed E-state index contributed by atoms with van der Waals surface area (Å²) in [4.78, 5) is 2.41. The Hall–Kier alpha value is -5.74. The monoisotopic (exact) mass is 687 g/mol. The quantitative estimate of drug-likeness (QED) is 0.161. The fourth-order valence-electron chi connectivity index (χ4n) is 7.83.